The van der Waals surface area contributed by atoms with Gasteiger partial charge in [0.2, 0.25) is 0 Å². The number of para-hydroxylation sites is 1. The predicted molar refractivity (Wildman–Crippen MR) is 111 cm³/mol. The van der Waals surface area contributed by atoms with Gasteiger partial charge in [-0.1, -0.05) is 29.8 Å². The fourth-order valence-corrected chi connectivity index (χ4v) is 4.67. The van der Waals surface area contributed by atoms with Crippen molar-refractivity contribution in [3.63, 3.8) is 0 Å². The second-order valence-electron chi connectivity index (χ2n) is 6.82. The quantitative estimate of drug-likeness (QED) is 0.673. The number of esters is 1. The largest absolute Gasteiger partial charge is 0.449 e. The van der Waals surface area contributed by atoms with Gasteiger partial charge in [0.15, 0.2) is 6.10 Å². The number of sulfonamides is 1. The Hall–Kier alpha value is -2.87. The third kappa shape index (κ3) is 5.35. The molecule has 0 radical (unpaired) electrons. The smallest absolute Gasteiger partial charge is 0.341 e. The number of likely N-dealkylation sites (N-methyl/N-ethyl adjacent to an activating group) is 1. The Kier molecular flexibility index (Phi) is 7.02. The first kappa shape index (κ1) is 22.4. The van der Waals surface area contributed by atoms with Crippen molar-refractivity contribution in [2.45, 2.75) is 45.6 Å². The van der Waals surface area contributed by atoms with E-state index in [-0.39, 0.29) is 16.1 Å². The molecule has 0 saturated heterocycles. The van der Waals surface area contributed by atoms with Gasteiger partial charge in [-0.15, -0.1) is 0 Å². The Balaban J connectivity index is 2.34. The van der Waals surface area contributed by atoms with E-state index in [1.807, 2.05) is 6.92 Å². The van der Waals surface area contributed by atoms with Crippen LogP contribution in [0.15, 0.2) is 41.3 Å². The first-order valence-electron chi connectivity index (χ1n) is 9.25. The summed E-state index contributed by atoms with van der Waals surface area (Å²) in [4.78, 5) is 24.5. The lowest BCUT2D eigenvalue weighted by molar-refractivity contribution is -0.128. The highest BCUT2D eigenvalue weighted by Gasteiger charge is 2.24. The average Bonchev–Trinajstić information content (AvgIpc) is 2.60. The molecule has 0 bridgehead atoms. The molecule has 1 amide bonds. The van der Waals surface area contributed by atoms with E-state index < -0.39 is 28.0 Å². The molecule has 8 heteroatoms. The van der Waals surface area contributed by atoms with Crippen LogP contribution in [-0.4, -0.2) is 32.9 Å². The van der Waals surface area contributed by atoms with Gasteiger partial charge in [0.25, 0.3) is 15.9 Å². The van der Waals surface area contributed by atoms with Crippen molar-refractivity contribution in [3.05, 3.63) is 58.7 Å². The normalized spacial score (nSPS) is 12.2. The molecule has 2 rings (SSSR count). The standard InChI is InChI=1S/C21H26N2O5S/c1-6-22-20(24)16(5)28-21(25)17-9-7-8-10-18(17)23-29(26,27)19-14(3)11-13(2)12-15(19)4/h7-12,16,23H,6H2,1-5H3,(H,22,24)/t16-/m0/s1. The van der Waals surface area contributed by atoms with Crippen molar-refractivity contribution >= 4 is 27.6 Å². The van der Waals surface area contributed by atoms with E-state index in [1.54, 1.807) is 45.0 Å². The van der Waals surface area contributed by atoms with E-state index in [4.69, 9.17) is 4.74 Å². The van der Waals surface area contributed by atoms with E-state index in [9.17, 15) is 18.0 Å². The molecule has 0 aliphatic rings. The van der Waals surface area contributed by atoms with E-state index in [2.05, 4.69) is 10.0 Å². The Morgan fingerprint density at radius 3 is 2.24 bits per heavy atom. The highest BCUT2D eigenvalue weighted by molar-refractivity contribution is 7.92. The molecule has 0 fully saturated rings. The van der Waals surface area contributed by atoms with Gasteiger partial charge < -0.3 is 10.1 Å². The molecule has 0 aliphatic heterocycles. The molecule has 0 saturated carbocycles. The van der Waals surface area contributed by atoms with Gasteiger partial charge in [-0.2, -0.15) is 0 Å². The van der Waals surface area contributed by atoms with Gasteiger partial charge in [0.1, 0.15) is 0 Å². The average molecular weight is 419 g/mol. The number of carbonyl (C=O) groups excluding carboxylic acids is 2. The molecule has 0 unspecified atom stereocenters. The number of nitrogens with one attached hydrogen (secondary N) is 2. The van der Waals surface area contributed by atoms with Crippen molar-refractivity contribution in [2.75, 3.05) is 11.3 Å². The predicted octanol–water partition coefficient (Wildman–Crippen LogP) is 3.09. The summed E-state index contributed by atoms with van der Waals surface area (Å²) in [6.07, 6.45) is -1.01. The van der Waals surface area contributed by atoms with Crippen LogP contribution in [0.25, 0.3) is 0 Å². The molecule has 0 aromatic heterocycles. The lowest BCUT2D eigenvalue weighted by Crippen LogP contribution is -2.35. The van der Waals surface area contributed by atoms with E-state index in [1.165, 1.54) is 19.1 Å². The zero-order chi connectivity index (χ0) is 21.8. The molecule has 0 aliphatic carbocycles. The van der Waals surface area contributed by atoms with Gasteiger partial charge in [-0.25, -0.2) is 13.2 Å². The number of aryl methyl sites for hydroxylation is 3. The number of carbonyl (C=O) groups is 2. The Labute approximate surface area is 171 Å². The van der Waals surface area contributed by atoms with Crippen LogP contribution in [0.5, 0.6) is 0 Å². The minimum Gasteiger partial charge on any atom is -0.449 e. The maximum absolute atomic E-state index is 13.0. The van der Waals surface area contributed by atoms with Crippen LogP contribution >= 0.6 is 0 Å². The third-order valence-corrected chi connectivity index (χ3v) is 5.94. The van der Waals surface area contributed by atoms with Crippen molar-refractivity contribution in [1.29, 1.82) is 0 Å². The van der Waals surface area contributed by atoms with Crippen molar-refractivity contribution < 1.29 is 22.7 Å². The van der Waals surface area contributed by atoms with Gasteiger partial charge in [-0.3, -0.25) is 9.52 Å². The highest BCUT2D eigenvalue weighted by Crippen LogP contribution is 2.26. The number of hydrogen-bond acceptors (Lipinski definition) is 5. The summed E-state index contributed by atoms with van der Waals surface area (Å²) in [5, 5.41) is 2.57. The fourth-order valence-electron chi connectivity index (χ4n) is 3.13. The third-order valence-electron chi connectivity index (χ3n) is 4.27. The topological polar surface area (TPSA) is 102 Å². The van der Waals surface area contributed by atoms with Crippen molar-refractivity contribution in [1.82, 2.24) is 5.32 Å². The number of benzene rings is 2. The van der Waals surface area contributed by atoms with Crippen LogP contribution in [0.2, 0.25) is 0 Å². The highest BCUT2D eigenvalue weighted by atomic mass is 32.2. The molecule has 1 atom stereocenters. The summed E-state index contributed by atoms with van der Waals surface area (Å²) in [5.74, 6) is -1.22. The van der Waals surface area contributed by atoms with Gasteiger partial charge in [-0.05, 0) is 57.9 Å². The lowest BCUT2D eigenvalue weighted by Gasteiger charge is -2.17. The Bertz CT molecular complexity index is 1010. The van der Waals surface area contributed by atoms with Gasteiger partial charge >= 0.3 is 5.97 Å². The summed E-state index contributed by atoms with van der Waals surface area (Å²) in [6.45, 7) is 8.96. The minimum absolute atomic E-state index is 0.0228. The lowest BCUT2D eigenvalue weighted by atomic mass is 10.1. The van der Waals surface area contributed by atoms with Gasteiger partial charge in [0, 0.05) is 6.54 Å². The maximum Gasteiger partial charge on any atom is 0.341 e. The van der Waals surface area contributed by atoms with Crippen LogP contribution < -0.4 is 10.0 Å². The summed E-state index contributed by atoms with van der Waals surface area (Å²) >= 11 is 0. The van der Waals surface area contributed by atoms with E-state index in [0.29, 0.717) is 17.7 Å². The molecule has 2 N–H and O–H groups in total. The van der Waals surface area contributed by atoms with Crippen LogP contribution in [-0.2, 0) is 19.6 Å². The minimum atomic E-state index is -3.94. The van der Waals surface area contributed by atoms with Crippen molar-refractivity contribution in [3.8, 4) is 0 Å². The van der Waals surface area contributed by atoms with Crippen LogP contribution in [0.1, 0.15) is 40.9 Å². The van der Waals surface area contributed by atoms with E-state index >= 15 is 0 Å². The van der Waals surface area contributed by atoms with Gasteiger partial charge in [0.05, 0.1) is 16.1 Å². The zero-order valence-corrected chi connectivity index (χ0v) is 18.0. The fraction of sp³-hybridized carbons (Fsp3) is 0.333. The maximum atomic E-state index is 13.0. The Morgan fingerprint density at radius 2 is 1.66 bits per heavy atom. The first-order valence-corrected chi connectivity index (χ1v) is 10.7. The molecule has 2 aromatic rings. The number of hydrogen-bond donors (Lipinski definition) is 2. The van der Waals surface area contributed by atoms with Crippen molar-refractivity contribution in [2.24, 2.45) is 0 Å². The number of rotatable bonds is 7. The summed E-state index contributed by atoms with van der Waals surface area (Å²) < 4.78 is 33.7. The zero-order valence-electron chi connectivity index (χ0n) is 17.2. The second kappa shape index (κ2) is 9.09. The molecule has 29 heavy (non-hydrogen) atoms. The molecule has 0 spiro atoms. The number of amides is 1. The molecular formula is C21H26N2O5S. The SMILES string of the molecule is CCNC(=O)[C@H](C)OC(=O)c1ccccc1NS(=O)(=O)c1c(C)cc(C)cc1C. The van der Waals surface area contributed by atoms with Crippen LogP contribution in [0.4, 0.5) is 5.69 Å². The monoisotopic (exact) mass is 418 g/mol. The summed E-state index contributed by atoms with van der Waals surface area (Å²) in [6, 6.07) is 9.69. The Morgan fingerprint density at radius 1 is 1.07 bits per heavy atom. The first-order chi connectivity index (χ1) is 13.6. The summed E-state index contributed by atoms with van der Waals surface area (Å²) in [7, 11) is -3.94. The molecule has 156 valence electrons. The molecule has 0 heterocycles. The summed E-state index contributed by atoms with van der Waals surface area (Å²) in [5.41, 5.74) is 2.29. The van der Waals surface area contributed by atoms with Crippen LogP contribution in [0, 0.1) is 20.8 Å². The van der Waals surface area contributed by atoms with E-state index in [0.717, 1.165) is 5.56 Å². The molecule has 7 nitrogen and oxygen atoms in total. The second-order valence-corrected chi connectivity index (χ2v) is 8.44. The molecule has 2 aromatic carbocycles. The number of anilines is 1. The molecular weight excluding hydrogens is 392 g/mol. The number of ether oxygens (including phenoxy) is 1. The van der Waals surface area contributed by atoms with Crippen LogP contribution in [0.3, 0.4) is 0 Å².